The number of benzene rings is 1. The first kappa shape index (κ1) is 19.5. The van der Waals surface area contributed by atoms with Crippen LogP contribution in [0.1, 0.15) is 25.7 Å². The number of hydrogen-bond acceptors (Lipinski definition) is 3. The number of nitrogens with one attached hydrogen (secondary N) is 1. The van der Waals surface area contributed by atoms with Crippen molar-refractivity contribution in [3.8, 4) is 5.75 Å². The molecular formula is C17H23BrClFN2O2. The molecule has 0 aromatic heterocycles. The van der Waals surface area contributed by atoms with Crippen LogP contribution < -0.4 is 10.1 Å². The molecule has 2 fully saturated rings. The highest BCUT2D eigenvalue weighted by Gasteiger charge is 2.26. The molecule has 1 aromatic rings. The second kappa shape index (κ2) is 9.02. The first-order valence-electron chi connectivity index (χ1n) is 8.21. The number of ether oxygens (including phenoxy) is 1. The Labute approximate surface area is 156 Å². The van der Waals surface area contributed by atoms with E-state index in [2.05, 4.69) is 21.2 Å². The lowest BCUT2D eigenvalue weighted by atomic mass is 10.0. The SMILES string of the molecule is Cl.O=C(COc1ccc(Br)cc1F)N1CCC(NCC2CC2)CC1. The van der Waals surface area contributed by atoms with Crippen molar-refractivity contribution in [2.75, 3.05) is 26.2 Å². The number of rotatable bonds is 6. The maximum atomic E-state index is 13.7. The summed E-state index contributed by atoms with van der Waals surface area (Å²) >= 11 is 3.19. The maximum absolute atomic E-state index is 13.7. The molecule has 134 valence electrons. The molecule has 3 rings (SSSR count). The first-order valence-corrected chi connectivity index (χ1v) is 9.00. The van der Waals surface area contributed by atoms with Gasteiger partial charge in [-0.3, -0.25) is 4.79 Å². The molecule has 1 aliphatic carbocycles. The van der Waals surface area contributed by atoms with E-state index in [0.717, 1.165) is 38.4 Å². The predicted octanol–water partition coefficient (Wildman–Crippen LogP) is 3.38. The maximum Gasteiger partial charge on any atom is 0.260 e. The Hall–Kier alpha value is -0.850. The second-order valence-corrected chi connectivity index (χ2v) is 7.29. The lowest BCUT2D eigenvalue weighted by Gasteiger charge is -2.32. The number of carbonyl (C=O) groups is 1. The third-order valence-corrected chi connectivity index (χ3v) is 4.98. The number of halogens is 3. The monoisotopic (exact) mass is 420 g/mol. The van der Waals surface area contributed by atoms with Gasteiger partial charge in [0, 0.05) is 23.6 Å². The van der Waals surface area contributed by atoms with Gasteiger partial charge in [-0.2, -0.15) is 0 Å². The first-order chi connectivity index (χ1) is 11.1. The molecule has 1 aromatic carbocycles. The zero-order valence-electron chi connectivity index (χ0n) is 13.5. The quantitative estimate of drug-likeness (QED) is 0.765. The zero-order chi connectivity index (χ0) is 16.2. The Morgan fingerprint density at radius 2 is 2.00 bits per heavy atom. The van der Waals surface area contributed by atoms with Crippen LogP contribution in [0.3, 0.4) is 0 Å². The summed E-state index contributed by atoms with van der Waals surface area (Å²) in [6, 6.07) is 5.07. The fourth-order valence-corrected chi connectivity index (χ4v) is 3.14. The van der Waals surface area contributed by atoms with Crippen LogP contribution in [0.5, 0.6) is 5.75 Å². The average molecular weight is 422 g/mol. The molecule has 2 aliphatic rings. The van der Waals surface area contributed by atoms with E-state index in [0.29, 0.717) is 10.5 Å². The number of amides is 1. The molecule has 1 amide bonds. The van der Waals surface area contributed by atoms with Crippen LogP contribution in [-0.2, 0) is 4.79 Å². The number of nitrogens with zero attached hydrogens (tertiary/aromatic N) is 1. The van der Waals surface area contributed by atoms with Crippen molar-refractivity contribution in [3.63, 3.8) is 0 Å². The highest BCUT2D eigenvalue weighted by Crippen LogP contribution is 2.28. The molecule has 1 saturated carbocycles. The summed E-state index contributed by atoms with van der Waals surface area (Å²) in [4.78, 5) is 14.0. The predicted molar refractivity (Wildman–Crippen MR) is 97.2 cm³/mol. The summed E-state index contributed by atoms with van der Waals surface area (Å²) in [7, 11) is 0. The highest BCUT2D eigenvalue weighted by molar-refractivity contribution is 9.10. The van der Waals surface area contributed by atoms with Gasteiger partial charge in [0.2, 0.25) is 0 Å². The standard InChI is InChI=1S/C17H22BrFN2O2.ClH/c18-13-3-4-16(15(19)9-13)23-11-17(22)21-7-5-14(6-8-21)20-10-12-1-2-12;/h3-4,9,12,14,20H,1-2,5-8,10-11H2;1H. The third kappa shape index (κ3) is 5.60. The zero-order valence-corrected chi connectivity index (χ0v) is 15.9. The van der Waals surface area contributed by atoms with E-state index in [-0.39, 0.29) is 30.7 Å². The molecule has 0 unspecified atom stereocenters. The van der Waals surface area contributed by atoms with Crippen LogP contribution in [0.4, 0.5) is 4.39 Å². The fraction of sp³-hybridized carbons (Fsp3) is 0.588. The lowest BCUT2D eigenvalue weighted by molar-refractivity contribution is -0.134. The Morgan fingerprint density at radius 1 is 1.29 bits per heavy atom. The molecule has 1 saturated heterocycles. The van der Waals surface area contributed by atoms with Crippen molar-refractivity contribution in [1.82, 2.24) is 10.2 Å². The van der Waals surface area contributed by atoms with E-state index in [4.69, 9.17) is 4.74 Å². The molecule has 24 heavy (non-hydrogen) atoms. The van der Waals surface area contributed by atoms with E-state index < -0.39 is 5.82 Å². The summed E-state index contributed by atoms with van der Waals surface area (Å²) in [5, 5.41) is 3.59. The Morgan fingerprint density at radius 3 is 2.62 bits per heavy atom. The molecule has 1 heterocycles. The van der Waals surface area contributed by atoms with Crippen LogP contribution in [0, 0.1) is 11.7 Å². The number of piperidine rings is 1. The summed E-state index contributed by atoms with van der Waals surface area (Å²) in [6.07, 6.45) is 4.67. The van der Waals surface area contributed by atoms with Gasteiger partial charge in [-0.1, -0.05) is 15.9 Å². The molecule has 1 N–H and O–H groups in total. The average Bonchev–Trinajstić information content (AvgIpc) is 3.37. The molecule has 1 aliphatic heterocycles. The van der Waals surface area contributed by atoms with Crippen molar-refractivity contribution >= 4 is 34.2 Å². The minimum absolute atomic E-state index is 0. The molecule has 0 bridgehead atoms. The van der Waals surface area contributed by atoms with Crippen LogP contribution in [0.15, 0.2) is 22.7 Å². The van der Waals surface area contributed by atoms with Crippen LogP contribution in [0.2, 0.25) is 0 Å². The normalized spacial score (nSPS) is 18.2. The molecule has 0 spiro atoms. The minimum Gasteiger partial charge on any atom is -0.481 e. The van der Waals surface area contributed by atoms with Crippen molar-refractivity contribution in [1.29, 1.82) is 0 Å². The largest absolute Gasteiger partial charge is 0.481 e. The van der Waals surface area contributed by atoms with Crippen molar-refractivity contribution in [3.05, 3.63) is 28.5 Å². The number of hydrogen-bond donors (Lipinski definition) is 1. The molecule has 0 radical (unpaired) electrons. The van der Waals surface area contributed by atoms with E-state index in [9.17, 15) is 9.18 Å². The van der Waals surface area contributed by atoms with Gasteiger partial charge >= 0.3 is 0 Å². The lowest BCUT2D eigenvalue weighted by Crippen LogP contribution is -2.46. The smallest absolute Gasteiger partial charge is 0.260 e. The summed E-state index contributed by atoms with van der Waals surface area (Å²) in [6.45, 7) is 2.49. The van der Waals surface area contributed by atoms with E-state index in [1.807, 2.05) is 4.90 Å². The van der Waals surface area contributed by atoms with Gasteiger partial charge in [0.15, 0.2) is 18.2 Å². The third-order valence-electron chi connectivity index (χ3n) is 4.48. The van der Waals surface area contributed by atoms with Gasteiger partial charge in [0.1, 0.15) is 0 Å². The fourth-order valence-electron chi connectivity index (χ4n) is 2.81. The van der Waals surface area contributed by atoms with Crippen LogP contribution in [0.25, 0.3) is 0 Å². The number of carbonyl (C=O) groups excluding carboxylic acids is 1. The van der Waals surface area contributed by atoms with Crippen molar-refractivity contribution < 1.29 is 13.9 Å². The van der Waals surface area contributed by atoms with E-state index in [1.54, 1.807) is 6.07 Å². The van der Waals surface area contributed by atoms with Crippen molar-refractivity contribution in [2.24, 2.45) is 5.92 Å². The van der Waals surface area contributed by atoms with Gasteiger partial charge < -0.3 is 15.0 Å². The van der Waals surface area contributed by atoms with Gasteiger partial charge in [0.25, 0.3) is 5.91 Å². The van der Waals surface area contributed by atoms with Crippen LogP contribution >= 0.6 is 28.3 Å². The van der Waals surface area contributed by atoms with E-state index in [1.165, 1.54) is 25.0 Å². The van der Waals surface area contributed by atoms with Crippen LogP contribution in [-0.4, -0.2) is 43.1 Å². The topological polar surface area (TPSA) is 41.6 Å². The molecule has 7 heteroatoms. The van der Waals surface area contributed by atoms with E-state index >= 15 is 0 Å². The Kier molecular flexibility index (Phi) is 7.32. The highest BCUT2D eigenvalue weighted by atomic mass is 79.9. The second-order valence-electron chi connectivity index (χ2n) is 6.37. The molecule has 4 nitrogen and oxygen atoms in total. The summed E-state index contributed by atoms with van der Waals surface area (Å²) in [5.74, 6) is 0.453. The number of likely N-dealkylation sites (tertiary alicyclic amines) is 1. The van der Waals surface area contributed by atoms with Gasteiger partial charge in [-0.25, -0.2) is 4.39 Å². The summed E-state index contributed by atoms with van der Waals surface area (Å²) < 4.78 is 19.6. The van der Waals surface area contributed by atoms with Gasteiger partial charge in [0.05, 0.1) is 0 Å². The Balaban J connectivity index is 0.00000208. The van der Waals surface area contributed by atoms with Gasteiger partial charge in [-0.15, -0.1) is 12.4 Å². The minimum atomic E-state index is -0.463. The van der Waals surface area contributed by atoms with Gasteiger partial charge in [-0.05, 0) is 56.3 Å². The molecular weight excluding hydrogens is 399 g/mol. The summed E-state index contributed by atoms with van der Waals surface area (Å²) in [5.41, 5.74) is 0. The van der Waals surface area contributed by atoms with Crippen molar-refractivity contribution in [2.45, 2.75) is 31.7 Å². The molecule has 0 atom stereocenters. The Bertz CT molecular complexity index is 564.